The van der Waals surface area contributed by atoms with Crippen LogP contribution in [0, 0.1) is 0 Å². The van der Waals surface area contributed by atoms with Crippen molar-refractivity contribution in [2.75, 3.05) is 6.61 Å². The van der Waals surface area contributed by atoms with E-state index < -0.39 is 15.6 Å². The summed E-state index contributed by atoms with van der Waals surface area (Å²) in [5.74, 6) is 0. The van der Waals surface area contributed by atoms with E-state index in [9.17, 15) is 13.5 Å². The Balaban J connectivity index is 2.30. The van der Waals surface area contributed by atoms with Gasteiger partial charge in [-0.15, -0.1) is 0 Å². The Kier molecular flexibility index (Phi) is 5.29. The largest absolute Gasteiger partial charge is 0.394 e. The van der Waals surface area contributed by atoms with Crippen LogP contribution in [0.2, 0.25) is 0 Å². The highest BCUT2D eigenvalue weighted by molar-refractivity contribution is 9.11. The van der Waals surface area contributed by atoms with Crippen LogP contribution in [-0.4, -0.2) is 25.7 Å². The third-order valence-corrected chi connectivity index (χ3v) is 6.70. The van der Waals surface area contributed by atoms with Gasteiger partial charge in [-0.05, 0) is 47.0 Å². The highest BCUT2D eigenvalue weighted by atomic mass is 79.9. The third-order valence-electron chi connectivity index (χ3n) is 3.65. The molecule has 2 N–H and O–H groups in total. The van der Waals surface area contributed by atoms with Crippen molar-refractivity contribution in [2.45, 2.75) is 42.5 Å². The van der Waals surface area contributed by atoms with Crippen molar-refractivity contribution in [2.24, 2.45) is 0 Å². The number of sulfonamides is 1. The van der Waals surface area contributed by atoms with Crippen LogP contribution in [0.5, 0.6) is 0 Å². The maximum Gasteiger partial charge on any atom is 0.242 e. The molecule has 1 aliphatic carbocycles. The summed E-state index contributed by atoms with van der Waals surface area (Å²) < 4.78 is 29.1. The lowest BCUT2D eigenvalue weighted by molar-refractivity contribution is 0.142. The average Bonchev–Trinajstić information content (AvgIpc) is 2.38. The summed E-state index contributed by atoms with van der Waals surface area (Å²) in [7, 11) is -3.66. The molecular formula is C13H17Br2NO3S. The first-order chi connectivity index (χ1) is 9.38. The van der Waals surface area contributed by atoms with Gasteiger partial charge in [0.05, 0.1) is 17.0 Å². The van der Waals surface area contributed by atoms with E-state index in [4.69, 9.17) is 0 Å². The zero-order chi connectivity index (χ0) is 14.8. The molecule has 0 unspecified atom stereocenters. The monoisotopic (exact) mass is 425 g/mol. The van der Waals surface area contributed by atoms with E-state index in [0.717, 1.165) is 23.7 Å². The van der Waals surface area contributed by atoms with Crippen molar-refractivity contribution in [1.82, 2.24) is 4.72 Å². The van der Waals surface area contributed by atoms with Gasteiger partial charge in [0.1, 0.15) is 0 Å². The second-order valence-electron chi connectivity index (χ2n) is 5.18. The molecule has 1 saturated carbocycles. The molecule has 7 heteroatoms. The molecule has 0 aromatic heterocycles. The lowest BCUT2D eigenvalue weighted by atomic mass is 9.83. The summed E-state index contributed by atoms with van der Waals surface area (Å²) >= 11 is 6.58. The van der Waals surface area contributed by atoms with Crippen LogP contribution < -0.4 is 4.72 Å². The standard InChI is InChI=1S/C13H17Br2NO3S/c14-10-4-5-12(11(15)8-10)20(18,19)16-13(9-17)6-2-1-3-7-13/h4-5,8,16-17H,1-3,6-7,9H2. The molecule has 0 spiro atoms. The number of benzene rings is 1. The molecule has 2 rings (SSSR count). The lowest BCUT2D eigenvalue weighted by Crippen LogP contribution is -2.52. The van der Waals surface area contributed by atoms with Crippen LogP contribution in [0.4, 0.5) is 0 Å². The number of aliphatic hydroxyl groups excluding tert-OH is 1. The van der Waals surface area contributed by atoms with Gasteiger partial charge in [0.15, 0.2) is 0 Å². The first-order valence-corrected chi connectivity index (χ1v) is 9.55. The van der Waals surface area contributed by atoms with Gasteiger partial charge in [-0.25, -0.2) is 13.1 Å². The maximum atomic E-state index is 12.5. The smallest absolute Gasteiger partial charge is 0.242 e. The van der Waals surface area contributed by atoms with Gasteiger partial charge >= 0.3 is 0 Å². The minimum absolute atomic E-state index is 0.166. The summed E-state index contributed by atoms with van der Waals surface area (Å²) in [4.78, 5) is 0.194. The van der Waals surface area contributed by atoms with Gasteiger partial charge in [-0.1, -0.05) is 35.2 Å². The Hall–Kier alpha value is 0.0500. The molecule has 1 aromatic carbocycles. The molecule has 20 heavy (non-hydrogen) atoms. The number of nitrogens with one attached hydrogen (secondary N) is 1. The Morgan fingerprint density at radius 1 is 1.20 bits per heavy atom. The van der Waals surface area contributed by atoms with Crippen molar-refractivity contribution in [3.05, 3.63) is 27.1 Å². The van der Waals surface area contributed by atoms with E-state index in [1.807, 2.05) is 0 Å². The summed E-state index contributed by atoms with van der Waals surface area (Å²) in [6.07, 6.45) is 4.31. The van der Waals surface area contributed by atoms with Crippen molar-refractivity contribution in [1.29, 1.82) is 0 Å². The van der Waals surface area contributed by atoms with E-state index in [-0.39, 0.29) is 11.5 Å². The zero-order valence-corrected chi connectivity index (χ0v) is 14.9. The number of hydrogen-bond acceptors (Lipinski definition) is 3. The predicted octanol–water partition coefficient (Wildman–Crippen LogP) is 3.19. The Morgan fingerprint density at radius 3 is 2.40 bits per heavy atom. The van der Waals surface area contributed by atoms with Gasteiger partial charge in [0.2, 0.25) is 10.0 Å². The quantitative estimate of drug-likeness (QED) is 0.776. The summed E-state index contributed by atoms with van der Waals surface area (Å²) in [6, 6.07) is 4.93. The second-order valence-corrected chi connectivity index (χ2v) is 8.60. The second kappa shape index (κ2) is 6.44. The van der Waals surface area contributed by atoms with Gasteiger partial charge in [0, 0.05) is 8.95 Å². The fraction of sp³-hybridized carbons (Fsp3) is 0.538. The fourth-order valence-electron chi connectivity index (χ4n) is 2.55. The predicted molar refractivity (Wildman–Crippen MR) is 85.1 cm³/mol. The number of hydrogen-bond donors (Lipinski definition) is 2. The van der Waals surface area contributed by atoms with Crippen LogP contribution in [-0.2, 0) is 10.0 Å². The molecule has 1 aromatic rings. The zero-order valence-electron chi connectivity index (χ0n) is 10.9. The van der Waals surface area contributed by atoms with E-state index in [1.165, 1.54) is 0 Å². The lowest BCUT2D eigenvalue weighted by Gasteiger charge is -2.36. The van der Waals surface area contributed by atoms with Crippen molar-refractivity contribution in [3.63, 3.8) is 0 Å². The van der Waals surface area contributed by atoms with E-state index >= 15 is 0 Å². The van der Waals surface area contributed by atoms with Crippen LogP contribution in [0.15, 0.2) is 32.0 Å². The van der Waals surface area contributed by atoms with Crippen LogP contribution in [0.3, 0.4) is 0 Å². The molecule has 4 nitrogen and oxygen atoms in total. The van der Waals surface area contributed by atoms with Crippen molar-refractivity contribution >= 4 is 41.9 Å². The molecule has 0 amide bonds. The van der Waals surface area contributed by atoms with Gasteiger partial charge < -0.3 is 5.11 Å². The molecule has 0 bridgehead atoms. The van der Waals surface area contributed by atoms with E-state index in [1.54, 1.807) is 18.2 Å². The van der Waals surface area contributed by atoms with E-state index in [0.29, 0.717) is 17.3 Å². The molecule has 0 radical (unpaired) electrons. The number of halogens is 2. The molecule has 0 atom stereocenters. The van der Waals surface area contributed by atoms with Crippen LogP contribution in [0.25, 0.3) is 0 Å². The van der Waals surface area contributed by atoms with E-state index in [2.05, 4.69) is 36.6 Å². The molecule has 1 fully saturated rings. The maximum absolute atomic E-state index is 12.5. The molecule has 0 heterocycles. The SMILES string of the molecule is O=S(=O)(NC1(CO)CCCCC1)c1ccc(Br)cc1Br. The Morgan fingerprint density at radius 2 is 1.85 bits per heavy atom. The molecule has 0 aliphatic heterocycles. The first-order valence-electron chi connectivity index (χ1n) is 6.48. The summed E-state index contributed by atoms with van der Waals surface area (Å²) in [5, 5.41) is 9.62. The number of rotatable bonds is 4. The Bertz CT molecular complexity index is 583. The van der Waals surface area contributed by atoms with Gasteiger partial charge in [-0.3, -0.25) is 0 Å². The first kappa shape index (κ1) is 16.4. The number of aliphatic hydroxyl groups is 1. The Labute approximate surface area is 136 Å². The van der Waals surface area contributed by atoms with Crippen LogP contribution in [0.1, 0.15) is 32.1 Å². The molecule has 112 valence electrons. The summed E-state index contributed by atoms with van der Waals surface area (Å²) in [5.41, 5.74) is -0.719. The normalized spacial score (nSPS) is 18.9. The average molecular weight is 427 g/mol. The fourth-order valence-corrected chi connectivity index (χ4v) is 5.75. The molecular weight excluding hydrogens is 410 g/mol. The third kappa shape index (κ3) is 3.62. The molecule has 1 aliphatic rings. The highest BCUT2D eigenvalue weighted by Gasteiger charge is 2.36. The highest BCUT2D eigenvalue weighted by Crippen LogP contribution is 2.31. The van der Waals surface area contributed by atoms with Crippen LogP contribution >= 0.6 is 31.9 Å². The summed E-state index contributed by atoms with van der Waals surface area (Å²) in [6.45, 7) is -0.166. The van der Waals surface area contributed by atoms with Crippen molar-refractivity contribution < 1.29 is 13.5 Å². The minimum Gasteiger partial charge on any atom is -0.394 e. The molecule has 0 saturated heterocycles. The van der Waals surface area contributed by atoms with Gasteiger partial charge in [0.25, 0.3) is 0 Å². The van der Waals surface area contributed by atoms with Crippen molar-refractivity contribution in [3.8, 4) is 0 Å². The topological polar surface area (TPSA) is 66.4 Å². The van der Waals surface area contributed by atoms with Gasteiger partial charge in [-0.2, -0.15) is 0 Å². The minimum atomic E-state index is -3.66.